The molecule has 1 rings (SSSR count). The molecular weight excluding hydrogens is 240 g/mol. The number of aromatic nitrogens is 2. The molecule has 0 fully saturated rings. The number of carbonyl (C=O) groups is 1. The van der Waals surface area contributed by atoms with Crippen molar-refractivity contribution in [3.63, 3.8) is 0 Å². The highest BCUT2D eigenvalue weighted by Crippen LogP contribution is 2.12. The molecule has 0 aliphatic rings. The van der Waals surface area contributed by atoms with Gasteiger partial charge in [0.05, 0.1) is 6.54 Å². The molecule has 1 aromatic rings. The summed E-state index contributed by atoms with van der Waals surface area (Å²) in [6, 6.07) is 0. The number of nitrogens with zero attached hydrogens (tertiary/aromatic N) is 2. The van der Waals surface area contributed by atoms with E-state index in [4.69, 9.17) is 4.74 Å². The van der Waals surface area contributed by atoms with Gasteiger partial charge < -0.3 is 10.1 Å². The van der Waals surface area contributed by atoms with Crippen molar-refractivity contribution in [3.8, 4) is 0 Å². The normalized spacial score (nSPS) is 10.5. The van der Waals surface area contributed by atoms with Crippen molar-refractivity contribution in [1.82, 2.24) is 15.5 Å². The topological polar surface area (TPSA) is 76.1 Å². The molecule has 1 aromatic heterocycles. The Bertz CT molecular complexity index is 343. The number of anilines is 1. The Morgan fingerprint density at radius 2 is 2.29 bits per heavy atom. The van der Waals surface area contributed by atoms with Gasteiger partial charge in [0.2, 0.25) is 11.0 Å². The molecule has 0 bridgehead atoms. The number of aryl methyl sites for hydroxylation is 1. The van der Waals surface area contributed by atoms with Crippen LogP contribution in [0.4, 0.5) is 5.13 Å². The molecule has 96 valence electrons. The largest absolute Gasteiger partial charge is 0.382 e. The zero-order valence-corrected chi connectivity index (χ0v) is 11.0. The Hall–Kier alpha value is -1.05. The van der Waals surface area contributed by atoms with Gasteiger partial charge in [-0.1, -0.05) is 11.3 Å². The predicted molar refractivity (Wildman–Crippen MR) is 67.3 cm³/mol. The second-order valence-corrected chi connectivity index (χ2v) is 4.58. The first-order chi connectivity index (χ1) is 8.22. The fourth-order valence-corrected chi connectivity index (χ4v) is 1.76. The highest BCUT2D eigenvalue weighted by Gasteiger charge is 2.05. The average molecular weight is 258 g/mol. The molecule has 0 spiro atoms. The number of nitrogens with one attached hydrogen (secondary N) is 2. The number of hydrogen-bond donors (Lipinski definition) is 2. The summed E-state index contributed by atoms with van der Waals surface area (Å²) in [5, 5.41) is 14.7. The first kappa shape index (κ1) is 14.0. The fourth-order valence-electron chi connectivity index (χ4n) is 1.16. The van der Waals surface area contributed by atoms with E-state index in [1.807, 2.05) is 13.8 Å². The fraction of sp³-hybridized carbons (Fsp3) is 0.700. The third-order valence-electron chi connectivity index (χ3n) is 1.90. The Morgan fingerprint density at radius 3 is 2.94 bits per heavy atom. The molecule has 0 aliphatic carbocycles. The number of hydrogen-bond acceptors (Lipinski definition) is 6. The van der Waals surface area contributed by atoms with Crippen molar-refractivity contribution >= 4 is 22.4 Å². The maximum absolute atomic E-state index is 11.4. The van der Waals surface area contributed by atoms with Crippen LogP contribution >= 0.6 is 11.3 Å². The minimum absolute atomic E-state index is 0.0995. The van der Waals surface area contributed by atoms with Crippen molar-refractivity contribution in [2.45, 2.75) is 20.3 Å². The molecule has 0 unspecified atom stereocenters. The molecule has 0 saturated heterocycles. The summed E-state index contributed by atoms with van der Waals surface area (Å²) in [7, 11) is 0. The third-order valence-corrected chi connectivity index (χ3v) is 2.66. The monoisotopic (exact) mass is 258 g/mol. The molecule has 0 aromatic carbocycles. The molecule has 2 N–H and O–H groups in total. The van der Waals surface area contributed by atoms with Gasteiger partial charge in [0.25, 0.3) is 0 Å². The highest BCUT2D eigenvalue weighted by atomic mass is 32.1. The number of amides is 1. The molecule has 1 amide bonds. The molecular formula is C10H18N4O2S. The van der Waals surface area contributed by atoms with E-state index >= 15 is 0 Å². The molecule has 7 heteroatoms. The van der Waals surface area contributed by atoms with Gasteiger partial charge in [-0.2, -0.15) is 0 Å². The van der Waals surface area contributed by atoms with Gasteiger partial charge >= 0.3 is 0 Å². The van der Waals surface area contributed by atoms with E-state index in [1.165, 1.54) is 11.3 Å². The summed E-state index contributed by atoms with van der Waals surface area (Å²) < 4.78 is 5.18. The van der Waals surface area contributed by atoms with Gasteiger partial charge in [-0.3, -0.25) is 10.1 Å². The molecule has 6 nitrogen and oxygen atoms in total. The van der Waals surface area contributed by atoms with Crippen LogP contribution in [0, 0.1) is 6.92 Å². The van der Waals surface area contributed by atoms with Crippen LogP contribution in [0.1, 0.15) is 18.4 Å². The van der Waals surface area contributed by atoms with E-state index in [-0.39, 0.29) is 12.5 Å². The zero-order chi connectivity index (χ0) is 12.5. The maximum atomic E-state index is 11.4. The smallest absolute Gasteiger partial charge is 0.240 e. The van der Waals surface area contributed by atoms with E-state index < -0.39 is 0 Å². The van der Waals surface area contributed by atoms with E-state index in [9.17, 15) is 4.79 Å². The van der Waals surface area contributed by atoms with Crippen LogP contribution in [0.25, 0.3) is 0 Å². The highest BCUT2D eigenvalue weighted by molar-refractivity contribution is 7.15. The van der Waals surface area contributed by atoms with Crippen molar-refractivity contribution in [2.75, 3.05) is 31.6 Å². The summed E-state index contributed by atoms with van der Waals surface area (Å²) in [4.78, 5) is 11.4. The van der Waals surface area contributed by atoms with Crippen LogP contribution in [-0.4, -0.2) is 42.4 Å². The van der Waals surface area contributed by atoms with Crippen molar-refractivity contribution in [2.24, 2.45) is 0 Å². The van der Waals surface area contributed by atoms with Crippen LogP contribution in [0.3, 0.4) is 0 Å². The Kier molecular flexibility index (Phi) is 6.68. The van der Waals surface area contributed by atoms with Gasteiger partial charge in [-0.15, -0.1) is 10.2 Å². The van der Waals surface area contributed by atoms with Gasteiger partial charge in [-0.25, -0.2) is 0 Å². The van der Waals surface area contributed by atoms with Gasteiger partial charge in [0.1, 0.15) is 5.01 Å². The molecule has 1 heterocycles. The van der Waals surface area contributed by atoms with E-state index in [0.717, 1.165) is 31.2 Å². The summed E-state index contributed by atoms with van der Waals surface area (Å²) in [5.41, 5.74) is 0. The predicted octanol–water partition coefficient (Wildman–Crippen LogP) is 0.801. The number of carbonyl (C=O) groups excluding carboxylic acids is 1. The van der Waals surface area contributed by atoms with Crippen molar-refractivity contribution < 1.29 is 9.53 Å². The van der Waals surface area contributed by atoms with Crippen LogP contribution in [-0.2, 0) is 9.53 Å². The van der Waals surface area contributed by atoms with Crippen LogP contribution in [0.15, 0.2) is 0 Å². The van der Waals surface area contributed by atoms with Crippen LogP contribution < -0.4 is 10.6 Å². The van der Waals surface area contributed by atoms with Crippen LogP contribution in [0.5, 0.6) is 0 Å². The molecule has 0 radical (unpaired) electrons. The SMILES string of the molecule is CCOCCCNCC(=O)Nc1nnc(C)s1. The minimum atomic E-state index is -0.0995. The lowest BCUT2D eigenvalue weighted by Gasteiger charge is -2.04. The summed E-state index contributed by atoms with van der Waals surface area (Å²) in [6.45, 7) is 6.31. The molecule has 17 heavy (non-hydrogen) atoms. The van der Waals surface area contributed by atoms with Crippen molar-refractivity contribution in [1.29, 1.82) is 0 Å². The van der Waals surface area contributed by atoms with E-state index in [2.05, 4.69) is 20.8 Å². The van der Waals surface area contributed by atoms with E-state index in [1.54, 1.807) is 0 Å². The number of ether oxygens (including phenoxy) is 1. The standard InChI is InChI=1S/C10H18N4O2S/c1-3-16-6-4-5-11-7-9(15)12-10-14-13-8(2)17-10/h11H,3-7H2,1-2H3,(H,12,14,15). The van der Waals surface area contributed by atoms with Gasteiger partial charge in [-0.05, 0) is 26.8 Å². The summed E-state index contributed by atoms with van der Waals surface area (Å²) >= 11 is 1.36. The second kappa shape index (κ2) is 8.10. The molecule has 0 saturated carbocycles. The Morgan fingerprint density at radius 1 is 1.47 bits per heavy atom. The summed E-state index contributed by atoms with van der Waals surface area (Å²) in [6.07, 6.45) is 0.902. The minimum Gasteiger partial charge on any atom is -0.382 e. The molecule has 0 aliphatic heterocycles. The second-order valence-electron chi connectivity index (χ2n) is 3.40. The third kappa shape index (κ3) is 6.30. The van der Waals surface area contributed by atoms with Crippen molar-refractivity contribution in [3.05, 3.63) is 5.01 Å². The first-order valence-corrected chi connectivity index (χ1v) is 6.42. The first-order valence-electron chi connectivity index (χ1n) is 5.60. The molecule has 0 atom stereocenters. The van der Waals surface area contributed by atoms with Gasteiger partial charge in [0, 0.05) is 13.2 Å². The maximum Gasteiger partial charge on any atom is 0.240 e. The Balaban J connectivity index is 2.05. The lowest BCUT2D eigenvalue weighted by molar-refractivity contribution is -0.115. The van der Waals surface area contributed by atoms with Gasteiger partial charge in [0.15, 0.2) is 0 Å². The lowest BCUT2D eigenvalue weighted by atomic mass is 10.4. The van der Waals surface area contributed by atoms with E-state index in [0.29, 0.717) is 5.13 Å². The Labute approximate surface area is 105 Å². The number of rotatable bonds is 8. The average Bonchev–Trinajstić information content (AvgIpc) is 2.69. The quantitative estimate of drug-likeness (QED) is 0.675. The zero-order valence-electron chi connectivity index (χ0n) is 10.2. The van der Waals surface area contributed by atoms with Crippen LogP contribution in [0.2, 0.25) is 0 Å². The summed E-state index contributed by atoms with van der Waals surface area (Å²) in [5.74, 6) is -0.0995. The lowest BCUT2D eigenvalue weighted by Crippen LogP contribution is -2.29.